The first kappa shape index (κ1) is 21.5. The largest absolute Gasteiger partial charge is 0.459 e. The minimum absolute atomic E-state index is 0.188. The molecule has 2 atom stereocenters. The molecule has 160 valence electrons. The lowest BCUT2D eigenvalue weighted by atomic mass is 10.0. The van der Waals surface area contributed by atoms with E-state index in [1.165, 1.54) is 0 Å². The maximum atomic E-state index is 6.42. The maximum Gasteiger partial charge on any atom is 0.174 e. The number of aromatic nitrogens is 1. The number of thiocarbonyl (C=S) groups is 1. The van der Waals surface area contributed by atoms with E-state index in [0.29, 0.717) is 20.9 Å². The highest BCUT2D eigenvalue weighted by molar-refractivity contribution is 9.10. The third-order valence-electron chi connectivity index (χ3n) is 5.32. The summed E-state index contributed by atoms with van der Waals surface area (Å²) >= 11 is 21.7. The zero-order chi connectivity index (χ0) is 22.2. The molecule has 0 aliphatic carbocycles. The van der Waals surface area contributed by atoms with Crippen LogP contribution in [0.2, 0.25) is 10.0 Å². The van der Waals surface area contributed by atoms with Gasteiger partial charge in [-0.15, -0.1) is 0 Å². The van der Waals surface area contributed by atoms with Crippen LogP contribution in [0, 0.1) is 0 Å². The molecule has 0 bridgehead atoms. The lowest BCUT2D eigenvalue weighted by Crippen LogP contribution is -2.29. The van der Waals surface area contributed by atoms with Gasteiger partial charge in [-0.2, -0.15) is 0 Å². The van der Waals surface area contributed by atoms with Crippen LogP contribution in [0.4, 0.5) is 5.69 Å². The zero-order valence-corrected chi connectivity index (χ0v) is 20.4. The molecule has 1 saturated heterocycles. The highest BCUT2D eigenvalue weighted by Gasteiger charge is 2.42. The highest BCUT2D eigenvalue weighted by Crippen LogP contribution is 2.43. The number of halogens is 3. The van der Waals surface area contributed by atoms with Crippen molar-refractivity contribution >= 4 is 62.1 Å². The van der Waals surface area contributed by atoms with E-state index in [1.807, 2.05) is 60.7 Å². The van der Waals surface area contributed by atoms with Crippen molar-refractivity contribution in [2.75, 3.05) is 4.90 Å². The summed E-state index contributed by atoms with van der Waals surface area (Å²) in [5, 5.41) is 5.14. The van der Waals surface area contributed by atoms with Crippen LogP contribution < -0.4 is 10.2 Å². The second kappa shape index (κ2) is 8.87. The molecule has 2 aromatic carbocycles. The molecule has 1 fully saturated rings. The minimum atomic E-state index is -0.238. The van der Waals surface area contributed by atoms with Gasteiger partial charge in [-0.1, -0.05) is 45.2 Å². The summed E-state index contributed by atoms with van der Waals surface area (Å²) in [5.74, 6) is 1.41. The topological polar surface area (TPSA) is 41.3 Å². The summed E-state index contributed by atoms with van der Waals surface area (Å²) < 4.78 is 7.34. The van der Waals surface area contributed by atoms with Crippen LogP contribution in [0.15, 0.2) is 87.9 Å². The Morgan fingerprint density at radius 1 is 1.00 bits per heavy atom. The molecule has 5 rings (SSSR count). The number of nitrogens with zero attached hydrogens (tertiary/aromatic N) is 2. The summed E-state index contributed by atoms with van der Waals surface area (Å²) in [7, 11) is 0. The fourth-order valence-electron chi connectivity index (χ4n) is 3.87. The van der Waals surface area contributed by atoms with Crippen molar-refractivity contribution in [3.8, 4) is 11.3 Å². The molecule has 0 amide bonds. The summed E-state index contributed by atoms with van der Waals surface area (Å²) in [6.45, 7) is 0. The van der Waals surface area contributed by atoms with Gasteiger partial charge in [-0.05, 0) is 78.9 Å². The molecular weight excluding hydrogens is 529 g/mol. The standard InChI is InChI=1S/C24H16BrCl2N3OS/c25-14-4-7-16(8-5-14)30-23(22(29-24(30)32)19-3-1-2-12-28-19)21-11-10-20(31-21)17-9-6-15(26)13-18(17)27/h1-13,22-23H,(H,29,32)/t22-,23+/m0/s1. The molecule has 1 aliphatic rings. The maximum absolute atomic E-state index is 6.42. The molecule has 32 heavy (non-hydrogen) atoms. The predicted octanol–water partition coefficient (Wildman–Crippen LogP) is 7.59. The number of anilines is 1. The van der Waals surface area contributed by atoms with Crippen molar-refractivity contribution < 1.29 is 4.42 Å². The number of furan rings is 1. The van der Waals surface area contributed by atoms with E-state index in [2.05, 4.69) is 31.1 Å². The van der Waals surface area contributed by atoms with E-state index in [1.54, 1.807) is 18.3 Å². The summed E-state index contributed by atoms with van der Waals surface area (Å²) in [6, 6.07) is 22.7. The average molecular weight is 545 g/mol. The quantitative estimate of drug-likeness (QED) is 0.268. The molecule has 0 spiro atoms. The number of benzene rings is 2. The van der Waals surface area contributed by atoms with Crippen LogP contribution in [-0.2, 0) is 0 Å². The van der Waals surface area contributed by atoms with E-state index in [9.17, 15) is 0 Å². The van der Waals surface area contributed by atoms with Crippen molar-refractivity contribution in [1.82, 2.24) is 10.3 Å². The molecule has 1 N–H and O–H groups in total. The molecular formula is C24H16BrCl2N3OS. The van der Waals surface area contributed by atoms with E-state index in [4.69, 9.17) is 39.8 Å². The predicted molar refractivity (Wildman–Crippen MR) is 136 cm³/mol. The van der Waals surface area contributed by atoms with Gasteiger partial charge in [0.2, 0.25) is 0 Å². The minimum Gasteiger partial charge on any atom is -0.459 e. The fraction of sp³-hybridized carbons (Fsp3) is 0.0833. The summed E-state index contributed by atoms with van der Waals surface area (Å²) in [5.41, 5.74) is 2.61. The first-order valence-electron chi connectivity index (χ1n) is 9.82. The van der Waals surface area contributed by atoms with Gasteiger partial charge in [0.25, 0.3) is 0 Å². The fourth-order valence-corrected chi connectivity index (χ4v) is 4.98. The van der Waals surface area contributed by atoms with Crippen molar-refractivity contribution in [3.05, 3.63) is 105 Å². The summed E-state index contributed by atoms with van der Waals surface area (Å²) in [6.07, 6.45) is 1.78. The first-order chi connectivity index (χ1) is 15.5. The zero-order valence-electron chi connectivity index (χ0n) is 16.5. The number of hydrogen-bond acceptors (Lipinski definition) is 3. The van der Waals surface area contributed by atoms with Gasteiger partial charge in [-0.25, -0.2) is 0 Å². The Morgan fingerprint density at radius 3 is 2.53 bits per heavy atom. The number of nitrogens with one attached hydrogen (secondary N) is 1. The van der Waals surface area contributed by atoms with Crippen molar-refractivity contribution in [3.63, 3.8) is 0 Å². The van der Waals surface area contributed by atoms with Crippen molar-refractivity contribution in [2.24, 2.45) is 0 Å². The molecule has 0 unspecified atom stereocenters. The third kappa shape index (κ3) is 4.04. The Morgan fingerprint density at radius 2 is 1.81 bits per heavy atom. The molecule has 0 saturated carbocycles. The van der Waals surface area contributed by atoms with Crippen LogP contribution in [0.3, 0.4) is 0 Å². The van der Waals surface area contributed by atoms with Crippen molar-refractivity contribution in [2.45, 2.75) is 12.1 Å². The van der Waals surface area contributed by atoms with E-state index >= 15 is 0 Å². The van der Waals surface area contributed by atoms with Gasteiger partial charge >= 0.3 is 0 Å². The van der Waals surface area contributed by atoms with Gasteiger partial charge in [0.15, 0.2) is 5.11 Å². The second-order valence-electron chi connectivity index (χ2n) is 7.30. The van der Waals surface area contributed by atoms with E-state index in [0.717, 1.165) is 27.2 Å². The molecule has 2 aromatic heterocycles. The van der Waals surface area contributed by atoms with Crippen LogP contribution >= 0.6 is 51.3 Å². The Hall–Kier alpha value is -2.38. The van der Waals surface area contributed by atoms with Gasteiger partial charge in [0.1, 0.15) is 17.6 Å². The van der Waals surface area contributed by atoms with E-state index in [-0.39, 0.29) is 12.1 Å². The molecule has 8 heteroatoms. The monoisotopic (exact) mass is 543 g/mol. The first-order valence-corrected chi connectivity index (χ1v) is 11.8. The smallest absolute Gasteiger partial charge is 0.174 e. The van der Waals surface area contributed by atoms with Gasteiger partial charge in [0.05, 0.1) is 16.8 Å². The SMILES string of the molecule is S=C1N[C@@H](c2ccccn2)[C@@H](c2ccc(-c3ccc(Cl)cc3Cl)o2)N1c1ccc(Br)cc1. The highest BCUT2D eigenvalue weighted by atomic mass is 79.9. The Balaban J connectivity index is 1.60. The van der Waals surface area contributed by atoms with Gasteiger partial charge < -0.3 is 14.6 Å². The van der Waals surface area contributed by atoms with Gasteiger partial charge in [-0.3, -0.25) is 4.98 Å². The molecule has 4 aromatic rings. The molecule has 1 aliphatic heterocycles. The number of pyridine rings is 1. The Bertz CT molecular complexity index is 1280. The molecule has 3 heterocycles. The van der Waals surface area contributed by atoms with Crippen LogP contribution in [-0.4, -0.2) is 10.1 Å². The Kier molecular flexibility index (Phi) is 5.95. The molecule has 4 nitrogen and oxygen atoms in total. The second-order valence-corrected chi connectivity index (χ2v) is 9.45. The third-order valence-corrected chi connectivity index (χ3v) is 6.71. The lowest BCUT2D eigenvalue weighted by Gasteiger charge is -2.26. The normalized spacial score (nSPS) is 18.1. The average Bonchev–Trinajstić information content (AvgIpc) is 3.39. The number of hydrogen-bond donors (Lipinski definition) is 1. The van der Waals surface area contributed by atoms with Crippen LogP contribution in [0.25, 0.3) is 11.3 Å². The van der Waals surface area contributed by atoms with Gasteiger partial charge in [0, 0.05) is 26.9 Å². The van der Waals surface area contributed by atoms with Crippen LogP contribution in [0.5, 0.6) is 0 Å². The van der Waals surface area contributed by atoms with Crippen molar-refractivity contribution in [1.29, 1.82) is 0 Å². The van der Waals surface area contributed by atoms with Crippen LogP contribution in [0.1, 0.15) is 23.5 Å². The number of rotatable bonds is 4. The lowest BCUT2D eigenvalue weighted by molar-refractivity contribution is 0.439. The Labute approximate surface area is 209 Å². The molecule has 0 radical (unpaired) electrons. The van der Waals surface area contributed by atoms with E-state index < -0.39 is 0 Å². The summed E-state index contributed by atoms with van der Waals surface area (Å²) in [4.78, 5) is 6.63.